The Labute approximate surface area is 122 Å². The van der Waals surface area contributed by atoms with Gasteiger partial charge in [0, 0.05) is 12.1 Å². The van der Waals surface area contributed by atoms with Crippen LogP contribution in [0.1, 0.15) is 11.5 Å². The molecule has 0 unspecified atom stereocenters. The second-order valence-corrected chi connectivity index (χ2v) is 4.80. The van der Waals surface area contributed by atoms with Crippen LogP contribution in [0.3, 0.4) is 0 Å². The molecule has 2 heterocycles. The number of aryl methyl sites for hydroxylation is 2. The van der Waals surface area contributed by atoms with Gasteiger partial charge in [-0.2, -0.15) is 0 Å². The molecule has 0 atom stereocenters. The summed E-state index contributed by atoms with van der Waals surface area (Å²) in [7, 11) is 0. The number of non-ortho nitro benzene ring substituents is 1. The second kappa shape index (κ2) is 4.65. The van der Waals surface area contributed by atoms with Crippen LogP contribution >= 0.6 is 0 Å². The molecule has 2 aromatic heterocycles. The van der Waals surface area contributed by atoms with E-state index in [1.54, 1.807) is 20.0 Å². The van der Waals surface area contributed by atoms with Gasteiger partial charge in [0.1, 0.15) is 5.82 Å². The van der Waals surface area contributed by atoms with Crippen LogP contribution in [0.25, 0.3) is 11.0 Å². The molecule has 112 valence electrons. The van der Waals surface area contributed by atoms with Crippen molar-refractivity contribution in [1.29, 1.82) is 0 Å². The molecule has 0 aliphatic carbocycles. The van der Waals surface area contributed by atoms with Gasteiger partial charge in [-0.1, -0.05) is 0 Å². The first-order valence-electron chi connectivity index (χ1n) is 6.35. The molecule has 0 spiro atoms. The molecule has 0 fully saturated rings. The number of H-pyrrole nitrogens is 1. The first-order valence-corrected chi connectivity index (χ1v) is 6.35. The Kier molecular flexibility index (Phi) is 2.91. The van der Waals surface area contributed by atoms with E-state index in [2.05, 4.69) is 9.97 Å². The van der Waals surface area contributed by atoms with Crippen molar-refractivity contribution in [3.05, 3.63) is 66.7 Å². The highest BCUT2D eigenvalue weighted by atomic mass is 16.6. The van der Waals surface area contributed by atoms with Gasteiger partial charge in [0.15, 0.2) is 0 Å². The van der Waals surface area contributed by atoms with Crippen LogP contribution in [0.15, 0.2) is 34.0 Å². The summed E-state index contributed by atoms with van der Waals surface area (Å²) in [5.74, 6) is 0.484. The number of fused-ring (bicyclic) bond motifs is 1. The molecule has 0 aliphatic heterocycles. The van der Waals surface area contributed by atoms with E-state index >= 15 is 0 Å². The van der Waals surface area contributed by atoms with Crippen LogP contribution in [0.4, 0.5) is 5.69 Å². The zero-order chi connectivity index (χ0) is 16.0. The summed E-state index contributed by atoms with van der Waals surface area (Å²) >= 11 is 0. The van der Waals surface area contributed by atoms with E-state index in [1.807, 2.05) is 0 Å². The van der Waals surface area contributed by atoms with E-state index in [-0.39, 0.29) is 11.2 Å². The molecule has 0 aliphatic rings. The Morgan fingerprint density at radius 1 is 1.27 bits per heavy atom. The molecule has 1 aromatic carbocycles. The average Bonchev–Trinajstić information content (AvgIpc) is 2.78. The van der Waals surface area contributed by atoms with Gasteiger partial charge in [0.05, 0.1) is 27.8 Å². The predicted octanol–water partition coefficient (Wildman–Crippen LogP) is 0.723. The number of aromatic nitrogens is 4. The van der Waals surface area contributed by atoms with E-state index in [9.17, 15) is 19.7 Å². The SMILES string of the molecule is Cc1cn(-n2c(=O)c(=O)[nH]c3ccc([N+](=O)[O-])cc32)c(C)n1. The fourth-order valence-corrected chi connectivity index (χ4v) is 2.32. The van der Waals surface area contributed by atoms with Crippen molar-refractivity contribution < 1.29 is 4.92 Å². The molecule has 9 heteroatoms. The van der Waals surface area contributed by atoms with Gasteiger partial charge in [0.2, 0.25) is 0 Å². The van der Waals surface area contributed by atoms with Crippen molar-refractivity contribution in [3.8, 4) is 0 Å². The van der Waals surface area contributed by atoms with Gasteiger partial charge in [-0.15, -0.1) is 0 Å². The summed E-state index contributed by atoms with van der Waals surface area (Å²) in [5.41, 5.74) is -0.633. The zero-order valence-corrected chi connectivity index (χ0v) is 11.7. The number of imidazole rings is 1. The highest BCUT2D eigenvalue weighted by Crippen LogP contribution is 2.18. The molecular weight excluding hydrogens is 290 g/mol. The lowest BCUT2D eigenvalue weighted by atomic mass is 10.2. The molecule has 0 saturated carbocycles. The van der Waals surface area contributed by atoms with Crippen LogP contribution in [0, 0.1) is 24.0 Å². The predicted molar refractivity (Wildman–Crippen MR) is 78.0 cm³/mol. The van der Waals surface area contributed by atoms with E-state index in [0.29, 0.717) is 17.0 Å². The van der Waals surface area contributed by atoms with Crippen LogP contribution in [-0.2, 0) is 0 Å². The largest absolute Gasteiger partial charge is 0.335 e. The fraction of sp³-hybridized carbons (Fsp3) is 0.154. The molecule has 0 amide bonds. The Balaban J connectivity index is 2.50. The first-order chi connectivity index (χ1) is 10.4. The fourth-order valence-electron chi connectivity index (χ4n) is 2.32. The number of nitrogens with one attached hydrogen (secondary N) is 1. The number of hydrogen-bond acceptors (Lipinski definition) is 5. The average molecular weight is 301 g/mol. The highest BCUT2D eigenvalue weighted by molar-refractivity contribution is 5.77. The van der Waals surface area contributed by atoms with Gasteiger partial charge in [-0.25, -0.2) is 14.3 Å². The minimum atomic E-state index is -0.839. The Hall–Kier alpha value is -3.23. The van der Waals surface area contributed by atoms with E-state index in [1.165, 1.54) is 22.9 Å². The third-order valence-corrected chi connectivity index (χ3v) is 3.25. The van der Waals surface area contributed by atoms with Crippen molar-refractivity contribution in [1.82, 2.24) is 19.3 Å². The summed E-state index contributed by atoms with van der Waals surface area (Å²) in [6.45, 7) is 3.41. The third-order valence-electron chi connectivity index (χ3n) is 3.25. The van der Waals surface area contributed by atoms with Gasteiger partial charge in [-0.05, 0) is 19.9 Å². The maximum atomic E-state index is 12.2. The minimum Gasteiger partial charge on any atom is -0.316 e. The van der Waals surface area contributed by atoms with Crippen molar-refractivity contribution in [3.63, 3.8) is 0 Å². The van der Waals surface area contributed by atoms with Crippen LogP contribution in [0.5, 0.6) is 0 Å². The zero-order valence-electron chi connectivity index (χ0n) is 11.7. The number of nitrogens with zero attached hydrogens (tertiary/aromatic N) is 4. The minimum absolute atomic E-state index is 0.179. The maximum absolute atomic E-state index is 12.2. The van der Waals surface area contributed by atoms with Gasteiger partial charge < -0.3 is 4.98 Å². The Morgan fingerprint density at radius 3 is 2.59 bits per heavy atom. The number of hydrogen-bond donors (Lipinski definition) is 1. The van der Waals surface area contributed by atoms with Crippen molar-refractivity contribution in [2.24, 2.45) is 0 Å². The van der Waals surface area contributed by atoms with Crippen LogP contribution < -0.4 is 11.1 Å². The number of nitro benzene ring substituents is 1. The number of nitro groups is 1. The number of aromatic amines is 1. The summed E-state index contributed by atoms with van der Waals surface area (Å²) in [5, 5.41) is 10.9. The lowest BCUT2D eigenvalue weighted by Crippen LogP contribution is -2.39. The summed E-state index contributed by atoms with van der Waals surface area (Å²) in [6, 6.07) is 3.89. The van der Waals surface area contributed by atoms with Gasteiger partial charge >= 0.3 is 11.1 Å². The highest BCUT2D eigenvalue weighted by Gasteiger charge is 2.15. The van der Waals surface area contributed by atoms with E-state index in [0.717, 1.165) is 4.68 Å². The molecule has 0 bridgehead atoms. The van der Waals surface area contributed by atoms with E-state index < -0.39 is 16.0 Å². The third kappa shape index (κ3) is 1.99. The van der Waals surface area contributed by atoms with Crippen molar-refractivity contribution in [2.45, 2.75) is 13.8 Å². The summed E-state index contributed by atoms with van der Waals surface area (Å²) in [4.78, 5) is 41.0. The standard InChI is InChI=1S/C13H11N5O4/c1-7-6-16(8(2)14-7)17-11-5-9(18(21)22)3-4-10(11)15-12(19)13(17)20/h3-6H,1-2H3,(H,15,19). The van der Waals surface area contributed by atoms with Crippen LogP contribution in [0.2, 0.25) is 0 Å². The Morgan fingerprint density at radius 2 is 2.00 bits per heavy atom. The van der Waals surface area contributed by atoms with Crippen molar-refractivity contribution >= 4 is 16.7 Å². The molecule has 1 N–H and O–H groups in total. The molecule has 3 rings (SSSR count). The smallest absolute Gasteiger partial charge is 0.316 e. The monoisotopic (exact) mass is 301 g/mol. The van der Waals surface area contributed by atoms with Crippen molar-refractivity contribution in [2.75, 3.05) is 0 Å². The molecule has 9 nitrogen and oxygen atoms in total. The second-order valence-electron chi connectivity index (χ2n) is 4.80. The number of benzene rings is 1. The Bertz CT molecular complexity index is 1030. The van der Waals surface area contributed by atoms with Gasteiger partial charge in [-0.3, -0.25) is 19.7 Å². The lowest BCUT2D eigenvalue weighted by molar-refractivity contribution is -0.384. The molecule has 22 heavy (non-hydrogen) atoms. The molecule has 3 aromatic rings. The van der Waals surface area contributed by atoms with E-state index in [4.69, 9.17) is 0 Å². The topological polar surface area (TPSA) is 116 Å². The normalized spacial score (nSPS) is 11.0. The quantitative estimate of drug-likeness (QED) is 0.425. The lowest BCUT2D eigenvalue weighted by Gasteiger charge is -2.11. The van der Waals surface area contributed by atoms with Crippen LogP contribution in [-0.4, -0.2) is 24.2 Å². The molecular formula is C13H11N5O4. The van der Waals surface area contributed by atoms with Gasteiger partial charge in [0.25, 0.3) is 5.69 Å². The molecule has 0 radical (unpaired) electrons. The number of rotatable bonds is 2. The molecule has 0 saturated heterocycles. The first kappa shape index (κ1) is 13.7. The summed E-state index contributed by atoms with van der Waals surface area (Å²) < 4.78 is 2.48. The summed E-state index contributed by atoms with van der Waals surface area (Å²) in [6.07, 6.45) is 1.58. The maximum Gasteiger partial charge on any atom is 0.335 e.